The van der Waals surface area contributed by atoms with Gasteiger partial charge in [0.1, 0.15) is 9.80 Å². The fourth-order valence-electron chi connectivity index (χ4n) is 2.84. The van der Waals surface area contributed by atoms with Gasteiger partial charge in [-0.05, 0) is 50.2 Å². The zero-order chi connectivity index (χ0) is 22.3. The van der Waals surface area contributed by atoms with Gasteiger partial charge in [-0.25, -0.2) is 0 Å². The van der Waals surface area contributed by atoms with Gasteiger partial charge < -0.3 is 9.84 Å². The van der Waals surface area contributed by atoms with E-state index in [4.69, 9.17) is 16.1 Å². The average Bonchev–Trinajstić information content (AvgIpc) is 2.80. The molecule has 0 aliphatic heterocycles. The number of amides is 1. The highest BCUT2D eigenvalue weighted by atomic mass is 35.5. The summed E-state index contributed by atoms with van der Waals surface area (Å²) in [5.41, 5.74) is 1.62. The number of thioether (sulfide) groups is 1. The maximum atomic E-state index is 14.2. The normalized spacial score (nSPS) is 13.8. The topological polar surface area (TPSA) is 55.4 Å². The number of rotatable bonds is 8. The van der Waals surface area contributed by atoms with Crippen LogP contribution in [0.5, 0.6) is 0 Å². The summed E-state index contributed by atoms with van der Waals surface area (Å²) < 4.78 is 20.1. The summed E-state index contributed by atoms with van der Waals surface area (Å²) in [5, 5.41) is 3.25. The smallest absolute Gasteiger partial charge is 0.279 e. The van der Waals surface area contributed by atoms with Crippen LogP contribution in [0.2, 0.25) is 0 Å². The molecule has 0 aliphatic rings. The van der Waals surface area contributed by atoms with Crippen molar-refractivity contribution in [2.45, 2.75) is 18.7 Å². The van der Waals surface area contributed by atoms with Crippen LogP contribution in [0, 0.1) is 6.92 Å². The van der Waals surface area contributed by atoms with Crippen LogP contribution in [0.4, 0.5) is 0 Å². The summed E-state index contributed by atoms with van der Waals surface area (Å²) in [6.07, 6.45) is 0. The van der Waals surface area contributed by atoms with Gasteiger partial charge in [0.15, 0.2) is 0 Å². The lowest BCUT2D eigenvalue weighted by atomic mass is 10.2. The molecule has 0 aliphatic carbocycles. The molecule has 0 fully saturated rings. The van der Waals surface area contributed by atoms with Gasteiger partial charge in [-0.2, -0.15) is 0 Å². The van der Waals surface area contributed by atoms with E-state index in [1.165, 1.54) is 11.8 Å². The molecule has 7 heteroatoms. The SMILES string of the molecule is CCO[P@](=O)(/C(NC(=O)c1ccccc1)=C(\Cl)Sc1ccc(C)cc1)c1ccccc1. The molecule has 3 aromatic rings. The van der Waals surface area contributed by atoms with E-state index in [1.54, 1.807) is 55.5 Å². The minimum atomic E-state index is -3.66. The predicted octanol–water partition coefficient (Wildman–Crippen LogP) is 6.52. The first-order valence-corrected chi connectivity index (χ1v) is 12.6. The van der Waals surface area contributed by atoms with E-state index in [1.807, 2.05) is 43.3 Å². The molecule has 1 atom stereocenters. The summed E-state index contributed by atoms with van der Waals surface area (Å²) >= 11 is 7.92. The maximum Gasteiger partial charge on any atom is 0.279 e. The zero-order valence-corrected chi connectivity index (χ0v) is 19.7. The molecule has 0 saturated heterocycles. The maximum absolute atomic E-state index is 14.2. The van der Waals surface area contributed by atoms with Crippen LogP contribution in [-0.2, 0) is 9.09 Å². The number of nitrogens with one attached hydrogen (secondary N) is 1. The molecule has 0 spiro atoms. The lowest BCUT2D eigenvalue weighted by molar-refractivity contribution is 0.0967. The Morgan fingerprint density at radius 2 is 1.55 bits per heavy atom. The first kappa shape index (κ1) is 23.4. The summed E-state index contributed by atoms with van der Waals surface area (Å²) in [6, 6.07) is 25.3. The number of halogens is 1. The highest BCUT2D eigenvalue weighted by Gasteiger charge is 2.35. The van der Waals surface area contributed by atoms with E-state index in [0.29, 0.717) is 10.9 Å². The van der Waals surface area contributed by atoms with Gasteiger partial charge in [0.05, 0.1) is 6.61 Å². The molecular formula is C24H23ClNO3PS. The van der Waals surface area contributed by atoms with Gasteiger partial charge in [0.25, 0.3) is 13.3 Å². The minimum Gasteiger partial charge on any atom is -0.321 e. The average molecular weight is 472 g/mol. The highest BCUT2D eigenvalue weighted by Crippen LogP contribution is 2.56. The molecule has 0 unspecified atom stereocenters. The van der Waals surface area contributed by atoms with Crippen LogP contribution in [0.1, 0.15) is 22.8 Å². The van der Waals surface area contributed by atoms with Gasteiger partial charge >= 0.3 is 0 Å². The van der Waals surface area contributed by atoms with Crippen molar-refractivity contribution in [3.8, 4) is 0 Å². The van der Waals surface area contributed by atoms with Crippen LogP contribution < -0.4 is 10.6 Å². The lowest BCUT2D eigenvalue weighted by Gasteiger charge is -2.23. The van der Waals surface area contributed by atoms with Crippen molar-refractivity contribution in [2.24, 2.45) is 0 Å². The summed E-state index contributed by atoms with van der Waals surface area (Å²) in [6.45, 7) is 3.94. The van der Waals surface area contributed by atoms with Crippen molar-refractivity contribution in [1.82, 2.24) is 5.32 Å². The summed E-state index contributed by atoms with van der Waals surface area (Å²) in [7, 11) is -3.66. The number of carbonyl (C=O) groups is 1. The Kier molecular flexibility index (Phi) is 8.16. The second kappa shape index (κ2) is 10.8. The Labute approximate surface area is 192 Å². The molecular weight excluding hydrogens is 449 g/mol. The molecule has 3 aromatic carbocycles. The number of hydrogen-bond donors (Lipinski definition) is 1. The van der Waals surface area contributed by atoms with Gasteiger partial charge in [0.2, 0.25) is 0 Å². The largest absolute Gasteiger partial charge is 0.321 e. The quantitative estimate of drug-likeness (QED) is 0.300. The van der Waals surface area contributed by atoms with Gasteiger partial charge in [-0.15, -0.1) is 0 Å². The second-order valence-corrected chi connectivity index (χ2v) is 10.7. The van der Waals surface area contributed by atoms with Gasteiger partial charge in [-0.3, -0.25) is 9.36 Å². The third-order valence-electron chi connectivity index (χ3n) is 4.38. The predicted molar refractivity (Wildman–Crippen MR) is 129 cm³/mol. The molecule has 3 rings (SSSR count). The molecule has 1 amide bonds. The molecule has 4 nitrogen and oxygen atoms in total. The monoisotopic (exact) mass is 471 g/mol. The number of carbonyl (C=O) groups excluding carboxylic acids is 1. The van der Waals surface area contributed by atoms with E-state index in [2.05, 4.69) is 5.32 Å². The molecule has 0 bridgehead atoms. The van der Waals surface area contributed by atoms with Crippen LogP contribution in [-0.4, -0.2) is 12.5 Å². The van der Waals surface area contributed by atoms with E-state index in [9.17, 15) is 9.36 Å². The Balaban J connectivity index is 2.08. The zero-order valence-electron chi connectivity index (χ0n) is 17.2. The molecule has 160 valence electrons. The Bertz CT molecular complexity index is 1100. The summed E-state index contributed by atoms with van der Waals surface area (Å²) in [4.78, 5) is 13.8. The van der Waals surface area contributed by atoms with Crippen molar-refractivity contribution < 1.29 is 13.9 Å². The van der Waals surface area contributed by atoms with Crippen LogP contribution in [0.25, 0.3) is 0 Å². The fraction of sp³-hybridized carbons (Fsp3) is 0.125. The van der Waals surface area contributed by atoms with Gasteiger partial charge in [-0.1, -0.05) is 77.5 Å². The van der Waals surface area contributed by atoms with Crippen molar-refractivity contribution in [1.29, 1.82) is 0 Å². The first-order chi connectivity index (χ1) is 14.9. The second-order valence-electron chi connectivity index (χ2n) is 6.66. The number of hydrogen-bond acceptors (Lipinski definition) is 4. The highest BCUT2D eigenvalue weighted by molar-refractivity contribution is 8.05. The van der Waals surface area contributed by atoms with E-state index in [-0.39, 0.29) is 16.4 Å². The summed E-state index contributed by atoms with van der Waals surface area (Å²) in [5.74, 6) is -0.408. The van der Waals surface area contributed by atoms with Crippen molar-refractivity contribution in [2.75, 3.05) is 6.61 Å². The molecule has 0 heterocycles. The Morgan fingerprint density at radius 3 is 2.13 bits per heavy atom. The van der Waals surface area contributed by atoms with Gasteiger partial charge in [0, 0.05) is 15.8 Å². The Morgan fingerprint density at radius 1 is 0.968 bits per heavy atom. The minimum absolute atomic E-state index is 0.0710. The Hall–Kier alpha value is -2.30. The first-order valence-electron chi connectivity index (χ1n) is 9.75. The van der Waals surface area contributed by atoms with E-state index in [0.717, 1.165) is 10.5 Å². The molecule has 0 aromatic heterocycles. The molecule has 0 radical (unpaired) electrons. The third-order valence-corrected chi connectivity index (χ3v) is 8.50. The van der Waals surface area contributed by atoms with Crippen molar-refractivity contribution in [3.05, 3.63) is 106 Å². The van der Waals surface area contributed by atoms with Crippen molar-refractivity contribution >= 4 is 41.9 Å². The van der Waals surface area contributed by atoms with Crippen LogP contribution in [0.3, 0.4) is 0 Å². The van der Waals surface area contributed by atoms with E-state index >= 15 is 0 Å². The third kappa shape index (κ3) is 5.90. The van der Waals surface area contributed by atoms with Crippen molar-refractivity contribution in [3.63, 3.8) is 0 Å². The number of aryl methyl sites for hydroxylation is 1. The van der Waals surface area contributed by atoms with Crippen LogP contribution in [0.15, 0.2) is 99.6 Å². The molecule has 1 N–H and O–H groups in total. The molecule has 31 heavy (non-hydrogen) atoms. The fourth-order valence-corrected chi connectivity index (χ4v) is 6.56. The van der Waals surface area contributed by atoms with E-state index < -0.39 is 13.3 Å². The number of benzene rings is 3. The lowest BCUT2D eigenvalue weighted by Crippen LogP contribution is -2.26. The molecule has 0 saturated carbocycles. The standard InChI is InChI=1S/C24H23ClNO3PS/c1-3-29-30(28,20-12-8-5-9-13-20)24(26-23(27)19-10-6-4-7-11-19)22(25)31-21-16-14-18(2)15-17-21/h4-17H,3H2,1-2H3,(H,26,27)/b24-22+/t30-/m0/s1. The van der Waals surface area contributed by atoms with Crippen LogP contribution >= 0.6 is 30.7 Å².